The SMILES string of the molecule is CC/C=C\C/C=C\C/C=C\C/C=C\C/C=C\C/C=C\C/C=C\C/C=C\C/C=C\C/C=C\CCCCCCCCCCCCC(=O)OC(COC(=O)CCCCCCCCCCCCC/C=C\CCCCCCCCCC)COP(=O)([O-])OCC[N+](C)(C)C. The molecule has 0 bridgehead atoms. The second-order valence-corrected chi connectivity index (χ2v) is 26.3. The first kappa shape index (κ1) is 84.2. The number of rotatable bonds is 65. The van der Waals surface area contributed by atoms with Crippen molar-refractivity contribution in [2.45, 2.75) is 302 Å². The van der Waals surface area contributed by atoms with Crippen molar-refractivity contribution in [3.63, 3.8) is 0 Å². The molecule has 0 heterocycles. The van der Waals surface area contributed by atoms with Gasteiger partial charge in [-0.15, -0.1) is 0 Å². The van der Waals surface area contributed by atoms with Gasteiger partial charge in [-0.1, -0.05) is 302 Å². The molecular formula is C78H134NO8P. The summed E-state index contributed by atoms with van der Waals surface area (Å²) in [5.74, 6) is -0.838. The van der Waals surface area contributed by atoms with Crippen LogP contribution in [0.15, 0.2) is 134 Å². The molecule has 0 aromatic heterocycles. The van der Waals surface area contributed by atoms with Gasteiger partial charge in [-0.3, -0.25) is 14.2 Å². The molecule has 2 unspecified atom stereocenters. The first-order valence-corrected chi connectivity index (χ1v) is 37.4. The molecule has 0 saturated heterocycles. The average Bonchev–Trinajstić information content (AvgIpc) is 3.58. The third kappa shape index (κ3) is 71.2. The van der Waals surface area contributed by atoms with Crippen LogP contribution in [-0.4, -0.2) is 70.0 Å². The summed E-state index contributed by atoms with van der Waals surface area (Å²) in [6, 6.07) is 0. The number of nitrogens with zero attached hydrogens (tertiary/aromatic N) is 1. The van der Waals surface area contributed by atoms with Crippen LogP contribution in [0.3, 0.4) is 0 Å². The van der Waals surface area contributed by atoms with Crippen LogP contribution >= 0.6 is 7.82 Å². The highest BCUT2D eigenvalue weighted by Crippen LogP contribution is 2.38. The molecule has 9 nitrogen and oxygen atoms in total. The maximum Gasteiger partial charge on any atom is 0.306 e. The number of likely N-dealkylation sites (N-methyl/N-ethyl adjacent to an activating group) is 1. The Hall–Kier alpha value is -3.85. The molecule has 0 N–H and O–H groups in total. The summed E-state index contributed by atoms with van der Waals surface area (Å²) in [4.78, 5) is 38.1. The minimum atomic E-state index is -4.65. The molecular weight excluding hydrogens is 1110 g/mol. The molecule has 0 rings (SSSR count). The number of phosphoric acid groups is 1. The minimum absolute atomic E-state index is 0.0365. The van der Waals surface area contributed by atoms with Crippen LogP contribution in [0.2, 0.25) is 0 Å². The second kappa shape index (κ2) is 67.5. The summed E-state index contributed by atoms with van der Waals surface area (Å²) in [6.07, 6.45) is 98.1. The normalized spacial score (nSPS) is 13.9. The van der Waals surface area contributed by atoms with Crippen molar-refractivity contribution in [2.24, 2.45) is 0 Å². The van der Waals surface area contributed by atoms with Gasteiger partial charge in [0.1, 0.15) is 19.8 Å². The molecule has 0 aliphatic rings. The molecule has 0 aromatic rings. The van der Waals surface area contributed by atoms with E-state index >= 15 is 0 Å². The predicted molar refractivity (Wildman–Crippen MR) is 378 cm³/mol. The zero-order chi connectivity index (χ0) is 64.1. The van der Waals surface area contributed by atoms with Crippen LogP contribution in [0.5, 0.6) is 0 Å². The second-order valence-electron chi connectivity index (χ2n) is 24.9. The number of carbonyl (C=O) groups excluding carboxylic acids is 2. The molecule has 0 aliphatic heterocycles. The van der Waals surface area contributed by atoms with E-state index in [9.17, 15) is 19.0 Å². The van der Waals surface area contributed by atoms with Gasteiger partial charge >= 0.3 is 11.9 Å². The zero-order valence-electron chi connectivity index (χ0n) is 57.4. The van der Waals surface area contributed by atoms with Crippen LogP contribution in [0.25, 0.3) is 0 Å². The molecule has 0 amide bonds. The van der Waals surface area contributed by atoms with Gasteiger partial charge in [-0.05, 0) is 116 Å². The lowest BCUT2D eigenvalue weighted by atomic mass is 10.0. The first-order valence-electron chi connectivity index (χ1n) is 35.9. The fourth-order valence-electron chi connectivity index (χ4n) is 9.68. The van der Waals surface area contributed by atoms with Gasteiger partial charge in [-0.2, -0.15) is 0 Å². The number of hydrogen-bond donors (Lipinski definition) is 0. The van der Waals surface area contributed by atoms with Gasteiger partial charge in [0.05, 0.1) is 27.7 Å². The molecule has 504 valence electrons. The fourth-order valence-corrected chi connectivity index (χ4v) is 10.4. The van der Waals surface area contributed by atoms with Gasteiger partial charge in [0.2, 0.25) is 0 Å². The van der Waals surface area contributed by atoms with E-state index in [4.69, 9.17) is 18.5 Å². The monoisotopic (exact) mass is 1240 g/mol. The smallest absolute Gasteiger partial charge is 0.306 e. The lowest BCUT2D eigenvalue weighted by molar-refractivity contribution is -0.870. The number of allylic oxidation sites excluding steroid dienone is 22. The Bertz CT molecular complexity index is 1950. The number of quaternary nitrogens is 1. The Kier molecular flexibility index (Phi) is 64.6. The molecule has 0 spiro atoms. The van der Waals surface area contributed by atoms with Gasteiger partial charge in [0.25, 0.3) is 7.82 Å². The maximum absolute atomic E-state index is 12.9. The number of ether oxygens (including phenoxy) is 2. The molecule has 0 aromatic carbocycles. The van der Waals surface area contributed by atoms with Crippen molar-refractivity contribution in [3.05, 3.63) is 134 Å². The number of hydrogen-bond acceptors (Lipinski definition) is 8. The number of phosphoric ester groups is 1. The van der Waals surface area contributed by atoms with E-state index in [1.54, 1.807) is 0 Å². The van der Waals surface area contributed by atoms with Crippen LogP contribution in [0.4, 0.5) is 0 Å². The van der Waals surface area contributed by atoms with Gasteiger partial charge in [0, 0.05) is 12.8 Å². The molecule has 0 saturated carbocycles. The van der Waals surface area contributed by atoms with Gasteiger partial charge in [-0.25, -0.2) is 0 Å². The molecule has 10 heteroatoms. The average molecular weight is 1240 g/mol. The van der Waals surface area contributed by atoms with Crippen LogP contribution in [-0.2, 0) is 32.7 Å². The van der Waals surface area contributed by atoms with Gasteiger partial charge < -0.3 is 27.9 Å². The highest BCUT2D eigenvalue weighted by atomic mass is 31.2. The van der Waals surface area contributed by atoms with Crippen molar-refractivity contribution < 1.29 is 42.1 Å². The Labute approximate surface area is 542 Å². The molecule has 0 fully saturated rings. The summed E-state index contributed by atoms with van der Waals surface area (Å²) < 4.78 is 34.3. The Morgan fingerprint density at radius 2 is 0.648 bits per heavy atom. The lowest BCUT2D eigenvalue weighted by Crippen LogP contribution is -2.37. The summed E-state index contributed by atoms with van der Waals surface area (Å²) in [6.45, 7) is 4.14. The molecule has 0 aliphatic carbocycles. The molecule has 88 heavy (non-hydrogen) atoms. The minimum Gasteiger partial charge on any atom is -0.756 e. The topological polar surface area (TPSA) is 111 Å². The molecule has 0 radical (unpaired) electrons. The standard InChI is InChI=1S/C78H134NO8P/c1-6-8-10-12-14-16-18-20-22-24-26-28-30-31-32-33-34-35-36-37-38-39-40-41-42-43-44-45-46-47-49-51-53-55-57-59-61-63-65-67-69-71-78(81)87-76(75-86-88(82,83)85-73-72-79(3,4)5)74-84-77(80)70-68-66-64-62-60-58-56-54-52-50-48-29-27-25-23-21-19-17-15-13-11-9-7-2/h8,10,14,16,20,22,25-28,31-32,34-35,37-38,40-41,43-44,46-47,76H,6-7,9,11-13,15,17-19,21,23-24,29-30,33,36,39,42,45,48-75H2,1-5H3/b10-8-,16-14-,22-20-,27-25-,28-26-,32-31-,35-34-,38-37-,41-40-,44-43-,47-46-. The molecule has 2 atom stereocenters. The highest BCUT2D eigenvalue weighted by Gasteiger charge is 2.22. The van der Waals surface area contributed by atoms with E-state index in [1.165, 1.54) is 154 Å². The van der Waals surface area contributed by atoms with E-state index in [1.807, 2.05) is 21.1 Å². The quantitative estimate of drug-likeness (QED) is 0.0195. The van der Waals surface area contributed by atoms with Crippen LogP contribution < -0.4 is 4.89 Å². The Morgan fingerprint density at radius 3 is 0.977 bits per heavy atom. The Balaban J connectivity index is 4.08. The fraction of sp³-hybridized carbons (Fsp3) is 0.692. The lowest BCUT2D eigenvalue weighted by Gasteiger charge is -2.28. The van der Waals surface area contributed by atoms with E-state index in [0.717, 1.165) is 109 Å². The third-order valence-electron chi connectivity index (χ3n) is 15.2. The van der Waals surface area contributed by atoms with Crippen LogP contribution in [0, 0.1) is 0 Å². The van der Waals surface area contributed by atoms with Crippen molar-refractivity contribution >= 4 is 19.8 Å². The van der Waals surface area contributed by atoms with E-state index in [0.29, 0.717) is 17.4 Å². The summed E-state index contributed by atoms with van der Waals surface area (Å²) >= 11 is 0. The van der Waals surface area contributed by atoms with Crippen molar-refractivity contribution in [2.75, 3.05) is 47.5 Å². The number of carbonyl (C=O) groups is 2. The first-order chi connectivity index (χ1) is 43.0. The van der Waals surface area contributed by atoms with E-state index < -0.39 is 26.5 Å². The zero-order valence-corrected chi connectivity index (χ0v) is 58.3. The summed E-state index contributed by atoms with van der Waals surface area (Å²) in [5.41, 5.74) is 0. The third-order valence-corrected chi connectivity index (χ3v) is 16.1. The largest absolute Gasteiger partial charge is 0.756 e. The maximum atomic E-state index is 12.9. The number of esters is 2. The van der Waals surface area contributed by atoms with Crippen molar-refractivity contribution in [3.8, 4) is 0 Å². The summed E-state index contributed by atoms with van der Waals surface area (Å²) in [5, 5.41) is 0. The van der Waals surface area contributed by atoms with Crippen molar-refractivity contribution in [1.82, 2.24) is 0 Å². The predicted octanol–water partition coefficient (Wildman–Crippen LogP) is 23.0. The highest BCUT2D eigenvalue weighted by molar-refractivity contribution is 7.45. The van der Waals surface area contributed by atoms with E-state index in [2.05, 4.69) is 148 Å². The van der Waals surface area contributed by atoms with E-state index in [-0.39, 0.29) is 32.0 Å². The van der Waals surface area contributed by atoms with Gasteiger partial charge in [0.15, 0.2) is 6.10 Å². The van der Waals surface area contributed by atoms with Crippen LogP contribution in [0.1, 0.15) is 296 Å². The Morgan fingerprint density at radius 1 is 0.364 bits per heavy atom. The number of unbranched alkanes of at least 4 members (excludes halogenated alkanes) is 29. The summed E-state index contributed by atoms with van der Waals surface area (Å²) in [7, 11) is 1.16. The van der Waals surface area contributed by atoms with Crippen molar-refractivity contribution in [1.29, 1.82) is 0 Å².